The van der Waals surface area contributed by atoms with E-state index in [1.165, 1.54) is 0 Å². The maximum Gasteiger partial charge on any atom is 0.317 e. The summed E-state index contributed by atoms with van der Waals surface area (Å²) in [4.78, 5) is 19.8. The van der Waals surface area contributed by atoms with Crippen molar-refractivity contribution in [2.24, 2.45) is 0 Å². The quantitative estimate of drug-likeness (QED) is 0.476. The van der Waals surface area contributed by atoms with Gasteiger partial charge >= 0.3 is 5.69 Å². The number of hydrogen-bond acceptors (Lipinski definition) is 9. The largest absolute Gasteiger partial charge is 0.454 e. The van der Waals surface area contributed by atoms with Crippen LogP contribution in [0, 0.1) is 20.2 Å². The Morgan fingerprint density at radius 2 is 1.88 bits per heavy atom. The number of benzene rings is 1. The molecule has 1 aliphatic heterocycles. The molecule has 1 saturated heterocycles. The number of alkyl halides is 1. The molecule has 5 atom stereocenters. The molecule has 12 heteroatoms. The van der Waals surface area contributed by atoms with Crippen LogP contribution in [0.25, 0.3) is 0 Å². The molecule has 3 N–H and O–H groups in total. The second-order valence-electron chi connectivity index (χ2n) is 4.94. The molecule has 132 valence electrons. The Bertz CT molecular complexity index is 641. The maximum atomic E-state index is 14.0. The Morgan fingerprint density at radius 3 is 2.42 bits per heavy atom. The van der Waals surface area contributed by atoms with Gasteiger partial charge < -0.3 is 24.8 Å². The van der Waals surface area contributed by atoms with Gasteiger partial charge in [0.15, 0.2) is 6.17 Å². The summed E-state index contributed by atoms with van der Waals surface area (Å²) in [6.07, 6.45) is -9.15. The van der Waals surface area contributed by atoms with E-state index in [2.05, 4.69) is 0 Å². The van der Waals surface area contributed by atoms with Crippen LogP contribution in [0.1, 0.15) is 0 Å². The van der Waals surface area contributed by atoms with Gasteiger partial charge in [0.25, 0.3) is 5.69 Å². The summed E-state index contributed by atoms with van der Waals surface area (Å²) < 4.78 is 23.9. The summed E-state index contributed by atoms with van der Waals surface area (Å²) in [7, 11) is 0. The average Bonchev–Trinajstić information content (AvgIpc) is 2.55. The van der Waals surface area contributed by atoms with E-state index in [-0.39, 0.29) is 0 Å². The summed E-state index contributed by atoms with van der Waals surface area (Å²) in [6.45, 7) is -0.757. The molecule has 0 spiro atoms. The fourth-order valence-electron chi connectivity index (χ4n) is 2.13. The van der Waals surface area contributed by atoms with Gasteiger partial charge in [-0.25, -0.2) is 4.39 Å². The first-order valence-electron chi connectivity index (χ1n) is 6.62. The standard InChI is InChI=1S/C12H13FN2O9/c13-9-11(18)10(17)8(4-16)24-12(9)23-7-2-1-5(14(19)20)3-6(7)15(21)22/h1-3,8-12,16-18H,4H2/t8-,9-,10-,11-,12-/m1/s1. The third-order valence-corrected chi connectivity index (χ3v) is 3.40. The van der Waals surface area contributed by atoms with Gasteiger partial charge in [-0.15, -0.1) is 0 Å². The Labute approximate surface area is 133 Å². The molecule has 1 aromatic carbocycles. The van der Waals surface area contributed by atoms with Crippen LogP contribution in [0.15, 0.2) is 18.2 Å². The molecule has 0 amide bonds. The molecule has 11 nitrogen and oxygen atoms in total. The average molecular weight is 348 g/mol. The number of halogens is 1. The minimum Gasteiger partial charge on any atom is -0.454 e. The fourth-order valence-corrected chi connectivity index (χ4v) is 2.13. The van der Waals surface area contributed by atoms with Crippen molar-refractivity contribution in [1.82, 2.24) is 0 Å². The van der Waals surface area contributed by atoms with Gasteiger partial charge in [0.05, 0.1) is 22.5 Å². The van der Waals surface area contributed by atoms with Gasteiger partial charge in [-0.1, -0.05) is 0 Å². The molecule has 0 aromatic heterocycles. The van der Waals surface area contributed by atoms with Crippen molar-refractivity contribution in [2.45, 2.75) is 30.8 Å². The predicted molar refractivity (Wildman–Crippen MR) is 73.0 cm³/mol. The van der Waals surface area contributed by atoms with Gasteiger partial charge in [0.1, 0.15) is 18.3 Å². The highest BCUT2D eigenvalue weighted by Crippen LogP contribution is 2.34. The second-order valence-corrected chi connectivity index (χ2v) is 4.94. The maximum absolute atomic E-state index is 14.0. The minimum atomic E-state index is -2.27. The van der Waals surface area contributed by atoms with Gasteiger partial charge in [-0.2, -0.15) is 0 Å². The second kappa shape index (κ2) is 7.00. The predicted octanol–water partition coefficient (Wildman–Crippen LogP) is -0.341. The Hall–Kier alpha value is -2.41. The van der Waals surface area contributed by atoms with Gasteiger partial charge in [0, 0.05) is 6.07 Å². The van der Waals surface area contributed by atoms with E-state index in [1.807, 2.05) is 0 Å². The highest BCUT2D eigenvalue weighted by Gasteiger charge is 2.46. The summed E-state index contributed by atoms with van der Waals surface area (Å²) in [6, 6.07) is 2.42. The Kier molecular flexibility index (Phi) is 5.23. The number of non-ortho nitro benzene ring substituents is 1. The van der Waals surface area contributed by atoms with Crippen molar-refractivity contribution in [3.05, 3.63) is 38.4 Å². The van der Waals surface area contributed by atoms with Crippen LogP contribution in [-0.4, -0.2) is 62.5 Å². The van der Waals surface area contributed by atoms with E-state index in [4.69, 9.17) is 14.6 Å². The van der Waals surface area contributed by atoms with Gasteiger partial charge in [-0.05, 0) is 6.07 Å². The molecule has 0 aliphatic carbocycles. The van der Waals surface area contributed by atoms with Crippen LogP contribution < -0.4 is 4.74 Å². The number of nitro groups is 2. The lowest BCUT2D eigenvalue weighted by atomic mass is 10.0. The monoisotopic (exact) mass is 348 g/mol. The first-order chi connectivity index (χ1) is 11.3. The zero-order valence-electron chi connectivity index (χ0n) is 11.9. The Balaban J connectivity index is 2.29. The molecule has 1 heterocycles. The minimum absolute atomic E-state index is 0.529. The number of nitro benzene ring substituents is 2. The SMILES string of the molecule is O=[N+]([O-])c1ccc(O[C@@H]2O[C@H](CO)[C@@H](O)[C@H](O)[C@H]2F)c([N+](=O)[O-])c1. The lowest BCUT2D eigenvalue weighted by Gasteiger charge is -2.38. The lowest BCUT2D eigenvalue weighted by molar-refractivity contribution is -0.395. The third kappa shape index (κ3) is 3.41. The van der Waals surface area contributed by atoms with E-state index < -0.39 is 64.4 Å². The van der Waals surface area contributed by atoms with Crippen molar-refractivity contribution >= 4 is 11.4 Å². The van der Waals surface area contributed by atoms with E-state index in [0.29, 0.717) is 6.07 Å². The van der Waals surface area contributed by atoms with Crippen molar-refractivity contribution in [2.75, 3.05) is 6.61 Å². The van der Waals surface area contributed by atoms with Crippen LogP contribution >= 0.6 is 0 Å². The molecule has 1 aliphatic rings. The van der Waals surface area contributed by atoms with Crippen LogP contribution in [0.4, 0.5) is 15.8 Å². The van der Waals surface area contributed by atoms with Crippen molar-refractivity contribution in [3.63, 3.8) is 0 Å². The molecule has 2 rings (SSSR count). The molecular weight excluding hydrogens is 335 g/mol. The van der Waals surface area contributed by atoms with Gasteiger partial charge in [-0.3, -0.25) is 20.2 Å². The summed E-state index contributed by atoms with van der Waals surface area (Å²) in [5, 5.41) is 49.8. The smallest absolute Gasteiger partial charge is 0.317 e. The highest BCUT2D eigenvalue weighted by atomic mass is 19.1. The first-order valence-corrected chi connectivity index (χ1v) is 6.62. The molecule has 1 fully saturated rings. The third-order valence-electron chi connectivity index (χ3n) is 3.40. The van der Waals surface area contributed by atoms with Crippen LogP contribution in [0.2, 0.25) is 0 Å². The number of hydrogen-bond donors (Lipinski definition) is 3. The number of rotatable bonds is 5. The van der Waals surface area contributed by atoms with Crippen LogP contribution in [-0.2, 0) is 4.74 Å². The number of aliphatic hydroxyl groups is 3. The fraction of sp³-hybridized carbons (Fsp3) is 0.500. The van der Waals surface area contributed by atoms with Crippen LogP contribution in [0.5, 0.6) is 5.75 Å². The zero-order chi connectivity index (χ0) is 18.0. The summed E-state index contributed by atoms with van der Waals surface area (Å²) in [5.74, 6) is -0.529. The number of nitrogens with zero attached hydrogens (tertiary/aromatic N) is 2. The highest BCUT2D eigenvalue weighted by molar-refractivity contribution is 5.53. The van der Waals surface area contributed by atoms with Crippen molar-refractivity contribution in [3.8, 4) is 5.75 Å². The number of ether oxygens (including phenoxy) is 2. The molecule has 0 bridgehead atoms. The van der Waals surface area contributed by atoms with Crippen molar-refractivity contribution in [1.29, 1.82) is 0 Å². The number of aliphatic hydroxyl groups excluding tert-OH is 3. The molecule has 0 saturated carbocycles. The lowest BCUT2D eigenvalue weighted by Crippen LogP contribution is -2.58. The summed E-state index contributed by atoms with van der Waals surface area (Å²) >= 11 is 0. The van der Waals surface area contributed by atoms with E-state index in [9.17, 15) is 34.8 Å². The Morgan fingerprint density at radius 1 is 1.21 bits per heavy atom. The normalized spacial score (nSPS) is 29.9. The molecule has 0 radical (unpaired) electrons. The van der Waals surface area contributed by atoms with Crippen molar-refractivity contribution < 1.29 is 39.0 Å². The molecule has 0 unspecified atom stereocenters. The first kappa shape index (κ1) is 17.9. The van der Waals surface area contributed by atoms with E-state index in [0.717, 1.165) is 12.1 Å². The van der Waals surface area contributed by atoms with Gasteiger partial charge in [0.2, 0.25) is 12.0 Å². The van der Waals surface area contributed by atoms with E-state index >= 15 is 0 Å². The zero-order valence-corrected chi connectivity index (χ0v) is 11.9. The van der Waals surface area contributed by atoms with Crippen LogP contribution in [0.3, 0.4) is 0 Å². The molecular formula is C12H13FN2O9. The van der Waals surface area contributed by atoms with E-state index in [1.54, 1.807) is 0 Å². The summed E-state index contributed by atoms with van der Waals surface area (Å²) in [5.41, 5.74) is -1.37. The molecule has 1 aromatic rings. The molecule has 24 heavy (non-hydrogen) atoms. The topological polar surface area (TPSA) is 165 Å².